The normalized spacial score (nSPS) is 11.8. The molecule has 96 valence electrons. The zero-order chi connectivity index (χ0) is 12.7. The van der Waals surface area contributed by atoms with Gasteiger partial charge in [-0.3, -0.25) is 0 Å². The highest BCUT2D eigenvalue weighted by Gasteiger charge is 2.19. The van der Waals surface area contributed by atoms with E-state index in [1.54, 1.807) is 0 Å². The number of rotatable bonds is 7. The molecule has 0 radical (unpaired) electrons. The molecule has 0 saturated heterocycles. The van der Waals surface area contributed by atoms with Crippen molar-refractivity contribution in [2.24, 2.45) is 0 Å². The van der Waals surface area contributed by atoms with E-state index in [1.807, 2.05) is 0 Å². The molecular weight excluding hydrogens is 206 g/mol. The molecule has 1 N–H and O–H groups in total. The van der Waals surface area contributed by atoms with Crippen molar-refractivity contribution >= 4 is 0 Å². The van der Waals surface area contributed by atoms with E-state index in [2.05, 4.69) is 57.3 Å². The minimum absolute atomic E-state index is 0.271. The standard InChI is InChI=1S/C16H27N/c1-5-12-17-13-11-16(3,4)15-9-7-14(6-2)8-10-15/h7-10,17H,5-6,11-13H2,1-4H3. The summed E-state index contributed by atoms with van der Waals surface area (Å²) in [6.07, 6.45) is 3.53. The van der Waals surface area contributed by atoms with Gasteiger partial charge >= 0.3 is 0 Å². The van der Waals surface area contributed by atoms with Crippen LogP contribution in [0.25, 0.3) is 0 Å². The first kappa shape index (κ1) is 14.2. The fraction of sp³-hybridized carbons (Fsp3) is 0.625. The van der Waals surface area contributed by atoms with Gasteiger partial charge in [0.2, 0.25) is 0 Å². The molecule has 1 nitrogen and oxygen atoms in total. The van der Waals surface area contributed by atoms with Crippen LogP contribution in [0.15, 0.2) is 24.3 Å². The number of hydrogen-bond acceptors (Lipinski definition) is 1. The molecule has 0 spiro atoms. The number of hydrogen-bond donors (Lipinski definition) is 1. The largest absolute Gasteiger partial charge is 0.317 e. The lowest BCUT2D eigenvalue weighted by atomic mass is 9.81. The highest BCUT2D eigenvalue weighted by atomic mass is 14.8. The Morgan fingerprint density at radius 3 is 2.18 bits per heavy atom. The van der Waals surface area contributed by atoms with Gasteiger partial charge in [-0.2, -0.15) is 0 Å². The second-order valence-electron chi connectivity index (χ2n) is 5.43. The van der Waals surface area contributed by atoms with Crippen molar-refractivity contribution in [1.29, 1.82) is 0 Å². The van der Waals surface area contributed by atoms with Crippen LogP contribution >= 0.6 is 0 Å². The summed E-state index contributed by atoms with van der Waals surface area (Å²) in [6, 6.07) is 9.10. The second kappa shape index (κ2) is 6.80. The van der Waals surface area contributed by atoms with Crippen LogP contribution in [0.1, 0.15) is 51.7 Å². The third kappa shape index (κ3) is 4.51. The number of benzene rings is 1. The van der Waals surface area contributed by atoms with Gasteiger partial charge in [0.1, 0.15) is 0 Å². The molecule has 17 heavy (non-hydrogen) atoms. The molecule has 1 heteroatoms. The van der Waals surface area contributed by atoms with E-state index in [4.69, 9.17) is 0 Å². The first-order valence-electron chi connectivity index (χ1n) is 6.90. The maximum absolute atomic E-state index is 3.48. The zero-order valence-corrected chi connectivity index (χ0v) is 11.8. The van der Waals surface area contributed by atoms with Gasteiger partial charge in [0, 0.05) is 0 Å². The number of nitrogens with one attached hydrogen (secondary N) is 1. The van der Waals surface area contributed by atoms with Crippen molar-refractivity contribution < 1.29 is 0 Å². The first-order chi connectivity index (χ1) is 8.10. The smallest absolute Gasteiger partial charge is 0.00406 e. The van der Waals surface area contributed by atoms with Crippen LogP contribution in [0.5, 0.6) is 0 Å². The Bertz CT molecular complexity index is 311. The van der Waals surface area contributed by atoms with Crippen molar-refractivity contribution in [2.75, 3.05) is 13.1 Å². The van der Waals surface area contributed by atoms with Gasteiger partial charge in [-0.25, -0.2) is 0 Å². The molecule has 1 rings (SSSR count). The van der Waals surface area contributed by atoms with E-state index in [0.717, 1.165) is 19.5 Å². The Kier molecular flexibility index (Phi) is 5.70. The fourth-order valence-corrected chi connectivity index (χ4v) is 2.04. The Balaban J connectivity index is 2.55. The van der Waals surface area contributed by atoms with E-state index in [0.29, 0.717) is 0 Å². The topological polar surface area (TPSA) is 12.0 Å². The van der Waals surface area contributed by atoms with Gasteiger partial charge in [0.05, 0.1) is 0 Å². The van der Waals surface area contributed by atoms with E-state index < -0.39 is 0 Å². The molecule has 0 unspecified atom stereocenters. The van der Waals surface area contributed by atoms with Crippen molar-refractivity contribution in [3.63, 3.8) is 0 Å². The molecule has 0 fully saturated rings. The maximum atomic E-state index is 3.48. The van der Waals surface area contributed by atoms with E-state index in [1.165, 1.54) is 24.0 Å². The summed E-state index contributed by atoms with van der Waals surface area (Å²) < 4.78 is 0. The van der Waals surface area contributed by atoms with Gasteiger partial charge in [0.25, 0.3) is 0 Å². The van der Waals surface area contributed by atoms with Gasteiger partial charge in [-0.15, -0.1) is 0 Å². The molecule has 0 bridgehead atoms. The zero-order valence-electron chi connectivity index (χ0n) is 11.8. The average Bonchev–Trinajstić information content (AvgIpc) is 2.35. The van der Waals surface area contributed by atoms with Crippen LogP contribution in [0.2, 0.25) is 0 Å². The van der Waals surface area contributed by atoms with Gasteiger partial charge < -0.3 is 5.32 Å². The molecule has 0 heterocycles. The monoisotopic (exact) mass is 233 g/mol. The summed E-state index contributed by atoms with van der Waals surface area (Å²) in [4.78, 5) is 0. The Morgan fingerprint density at radius 1 is 1.00 bits per heavy atom. The molecule has 1 aromatic rings. The summed E-state index contributed by atoms with van der Waals surface area (Å²) in [6.45, 7) is 11.3. The van der Waals surface area contributed by atoms with Crippen molar-refractivity contribution in [1.82, 2.24) is 5.32 Å². The molecule has 0 amide bonds. The fourth-order valence-electron chi connectivity index (χ4n) is 2.04. The third-order valence-corrected chi connectivity index (χ3v) is 3.50. The minimum Gasteiger partial charge on any atom is -0.317 e. The predicted octanol–water partition coefficient (Wildman–Crippen LogP) is 3.92. The molecule has 0 aromatic heterocycles. The maximum Gasteiger partial charge on any atom is -0.00406 e. The Morgan fingerprint density at radius 2 is 1.65 bits per heavy atom. The lowest BCUT2D eigenvalue weighted by Crippen LogP contribution is -2.25. The van der Waals surface area contributed by atoms with E-state index in [-0.39, 0.29) is 5.41 Å². The van der Waals surface area contributed by atoms with Crippen LogP contribution in [-0.4, -0.2) is 13.1 Å². The van der Waals surface area contributed by atoms with E-state index >= 15 is 0 Å². The first-order valence-corrected chi connectivity index (χ1v) is 6.90. The third-order valence-electron chi connectivity index (χ3n) is 3.50. The highest BCUT2D eigenvalue weighted by Crippen LogP contribution is 2.26. The average molecular weight is 233 g/mol. The van der Waals surface area contributed by atoms with Crippen LogP contribution in [0, 0.1) is 0 Å². The van der Waals surface area contributed by atoms with Crippen molar-refractivity contribution in [2.45, 2.75) is 52.4 Å². The summed E-state index contributed by atoms with van der Waals surface area (Å²) in [5.41, 5.74) is 3.15. The molecule has 0 atom stereocenters. The van der Waals surface area contributed by atoms with Crippen molar-refractivity contribution in [3.05, 3.63) is 35.4 Å². The van der Waals surface area contributed by atoms with E-state index in [9.17, 15) is 0 Å². The lowest BCUT2D eigenvalue weighted by Gasteiger charge is -2.25. The van der Waals surface area contributed by atoms with Crippen LogP contribution < -0.4 is 5.32 Å². The van der Waals surface area contributed by atoms with Crippen LogP contribution in [-0.2, 0) is 11.8 Å². The summed E-state index contributed by atoms with van der Waals surface area (Å²) in [5, 5.41) is 3.48. The highest BCUT2D eigenvalue weighted by molar-refractivity contribution is 5.28. The van der Waals surface area contributed by atoms with Gasteiger partial charge in [0.15, 0.2) is 0 Å². The van der Waals surface area contributed by atoms with Crippen molar-refractivity contribution in [3.8, 4) is 0 Å². The number of aryl methyl sites for hydroxylation is 1. The lowest BCUT2D eigenvalue weighted by molar-refractivity contribution is 0.457. The SMILES string of the molecule is CCCNCCC(C)(C)c1ccc(CC)cc1. The Hall–Kier alpha value is -0.820. The molecule has 1 aromatic carbocycles. The predicted molar refractivity (Wildman–Crippen MR) is 76.6 cm³/mol. The molecule has 0 aliphatic carbocycles. The van der Waals surface area contributed by atoms with Crippen LogP contribution in [0.3, 0.4) is 0 Å². The second-order valence-corrected chi connectivity index (χ2v) is 5.43. The summed E-state index contributed by atoms with van der Waals surface area (Å²) >= 11 is 0. The van der Waals surface area contributed by atoms with Gasteiger partial charge in [-0.1, -0.05) is 52.0 Å². The molecule has 0 aliphatic heterocycles. The Labute approximate surface area is 107 Å². The summed E-state index contributed by atoms with van der Waals surface area (Å²) in [7, 11) is 0. The molecule has 0 aliphatic rings. The molecular formula is C16H27N. The van der Waals surface area contributed by atoms with Crippen LogP contribution in [0.4, 0.5) is 0 Å². The minimum atomic E-state index is 0.271. The molecule has 0 saturated carbocycles. The van der Waals surface area contributed by atoms with Gasteiger partial charge in [-0.05, 0) is 48.9 Å². The summed E-state index contributed by atoms with van der Waals surface area (Å²) in [5.74, 6) is 0. The quantitative estimate of drug-likeness (QED) is 0.704.